The molecule has 3 heterocycles. The molecular weight excluding hydrogens is 368 g/mol. The molecule has 1 saturated heterocycles. The third-order valence-electron chi connectivity index (χ3n) is 2.96. The van der Waals surface area contributed by atoms with Crippen LogP contribution < -0.4 is 0 Å². The van der Waals surface area contributed by atoms with E-state index < -0.39 is 10.0 Å². The van der Waals surface area contributed by atoms with Crippen molar-refractivity contribution in [3.63, 3.8) is 0 Å². The van der Waals surface area contributed by atoms with Crippen LogP contribution in [0.2, 0.25) is 0 Å². The van der Waals surface area contributed by atoms with E-state index >= 15 is 0 Å². The van der Waals surface area contributed by atoms with Crippen molar-refractivity contribution in [3.8, 4) is 0 Å². The Bertz CT molecular complexity index is 910. The molecule has 124 valence electrons. The number of hydrogen-bond acceptors (Lipinski definition) is 6. The number of thioether (sulfide) groups is 1. The van der Waals surface area contributed by atoms with Gasteiger partial charge in [-0.3, -0.25) is 9.69 Å². The van der Waals surface area contributed by atoms with E-state index in [9.17, 15) is 13.2 Å². The molecule has 6 nitrogen and oxygen atoms in total. The minimum Gasteiger partial charge on any atom is -0.465 e. The minimum atomic E-state index is -3.85. The van der Waals surface area contributed by atoms with Gasteiger partial charge in [0.25, 0.3) is 15.9 Å². The molecule has 24 heavy (non-hydrogen) atoms. The second-order valence-electron chi connectivity index (χ2n) is 4.61. The van der Waals surface area contributed by atoms with Crippen molar-refractivity contribution < 1.29 is 17.6 Å². The standard InChI is InChI=1S/C15H12N2O4S3/c1-2-7-17-14(18)12(10-11-5-3-8-21-11)23-15(17)16-24(19,20)13-6-4-9-22-13/h2-6,8-10H,1,7H2/b12-10-,16-15?. The molecule has 0 bridgehead atoms. The molecular formula is C15H12N2O4S3. The topological polar surface area (TPSA) is 80.0 Å². The number of furan rings is 1. The lowest BCUT2D eigenvalue weighted by Gasteiger charge is -2.12. The zero-order chi connectivity index (χ0) is 17.2. The van der Waals surface area contributed by atoms with Crippen LogP contribution in [0, 0.1) is 0 Å². The second-order valence-corrected chi connectivity index (χ2v) is 8.40. The SMILES string of the molecule is C=CCN1C(=O)/C(=C/c2ccco2)SC1=NS(=O)(=O)c1cccs1. The monoisotopic (exact) mass is 380 g/mol. The summed E-state index contributed by atoms with van der Waals surface area (Å²) in [4.78, 5) is 14.1. The van der Waals surface area contributed by atoms with Crippen LogP contribution in [0.25, 0.3) is 6.08 Å². The van der Waals surface area contributed by atoms with E-state index in [0.29, 0.717) is 10.7 Å². The van der Waals surface area contributed by atoms with Gasteiger partial charge >= 0.3 is 0 Å². The van der Waals surface area contributed by atoms with E-state index in [2.05, 4.69) is 11.0 Å². The molecule has 1 amide bonds. The highest BCUT2D eigenvalue weighted by atomic mass is 32.2. The molecule has 1 aliphatic rings. The summed E-state index contributed by atoms with van der Waals surface area (Å²) >= 11 is 2.07. The number of thiophene rings is 1. The van der Waals surface area contributed by atoms with E-state index in [1.165, 1.54) is 23.3 Å². The van der Waals surface area contributed by atoms with Crippen LogP contribution in [0.1, 0.15) is 5.76 Å². The second kappa shape index (κ2) is 6.80. The van der Waals surface area contributed by atoms with Crippen LogP contribution in [-0.4, -0.2) is 30.9 Å². The summed E-state index contributed by atoms with van der Waals surface area (Å²) in [5.41, 5.74) is 0. The number of carbonyl (C=O) groups excluding carboxylic acids is 1. The van der Waals surface area contributed by atoms with Crippen molar-refractivity contribution >= 4 is 50.3 Å². The summed E-state index contributed by atoms with van der Waals surface area (Å²) < 4.78 is 33.8. The van der Waals surface area contributed by atoms with Crippen molar-refractivity contribution in [2.24, 2.45) is 4.40 Å². The van der Waals surface area contributed by atoms with Gasteiger partial charge in [0.2, 0.25) is 0 Å². The third-order valence-corrected chi connectivity index (χ3v) is 6.73. The summed E-state index contributed by atoms with van der Waals surface area (Å²) in [7, 11) is -3.85. The van der Waals surface area contributed by atoms with Crippen molar-refractivity contribution in [1.29, 1.82) is 0 Å². The van der Waals surface area contributed by atoms with E-state index in [-0.39, 0.29) is 21.8 Å². The number of amidine groups is 1. The van der Waals surface area contributed by atoms with Crippen molar-refractivity contribution in [2.45, 2.75) is 4.21 Å². The van der Waals surface area contributed by atoms with Gasteiger partial charge in [-0.05, 0) is 35.3 Å². The Morgan fingerprint density at radius 2 is 2.17 bits per heavy atom. The zero-order valence-corrected chi connectivity index (χ0v) is 14.7. The average molecular weight is 380 g/mol. The average Bonchev–Trinajstić information content (AvgIpc) is 3.26. The molecule has 0 aliphatic carbocycles. The third kappa shape index (κ3) is 3.37. The first-order chi connectivity index (χ1) is 11.5. The van der Waals surface area contributed by atoms with Gasteiger partial charge in [-0.1, -0.05) is 12.1 Å². The fourth-order valence-electron chi connectivity index (χ4n) is 1.93. The summed E-state index contributed by atoms with van der Waals surface area (Å²) in [6.07, 6.45) is 4.57. The molecule has 2 aromatic rings. The number of carbonyl (C=O) groups is 1. The van der Waals surface area contributed by atoms with Crippen LogP contribution in [0.15, 0.2) is 66.5 Å². The van der Waals surface area contributed by atoms with E-state index in [1.807, 2.05) is 0 Å². The van der Waals surface area contributed by atoms with Crippen LogP contribution in [-0.2, 0) is 14.8 Å². The predicted molar refractivity (Wildman–Crippen MR) is 95.1 cm³/mol. The van der Waals surface area contributed by atoms with Crippen molar-refractivity contribution in [1.82, 2.24) is 4.90 Å². The molecule has 3 rings (SSSR count). The molecule has 0 spiro atoms. The minimum absolute atomic E-state index is 0.103. The van der Waals surface area contributed by atoms with Crippen LogP contribution in [0.4, 0.5) is 0 Å². The van der Waals surface area contributed by atoms with E-state index in [1.54, 1.807) is 29.7 Å². The zero-order valence-electron chi connectivity index (χ0n) is 12.3. The lowest BCUT2D eigenvalue weighted by Crippen LogP contribution is -2.29. The van der Waals surface area contributed by atoms with Gasteiger partial charge in [-0.2, -0.15) is 8.42 Å². The maximum atomic E-state index is 12.5. The smallest absolute Gasteiger partial charge is 0.294 e. The summed E-state index contributed by atoms with van der Waals surface area (Å²) in [6.45, 7) is 3.76. The Kier molecular flexibility index (Phi) is 4.74. The largest absolute Gasteiger partial charge is 0.465 e. The fraction of sp³-hybridized carbons (Fsp3) is 0.0667. The van der Waals surface area contributed by atoms with Crippen LogP contribution in [0.5, 0.6) is 0 Å². The van der Waals surface area contributed by atoms with Crippen molar-refractivity contribution in [2.75, 3.05) is 6.54 Å². The van der Waals surface area contributed by atoms with Gasteiger partial charge in [0.05, 0.1) is 11.2 Å². The predicted octanol–water partition coefficient (Wildman–Crippen LogP) is 3.19. The highest BCUT2D eigenvalue weighted by Gasteiger charge is 2.34. The maximum absolute atomic E-state index is 12.5. The Balaban J connectivity index is 1.98. The molecule has 0 N–H and O–H groups in total. The molecule has 9 heteroatoms. The van der Waals surface area contributed by atoms with Gasteiger partial charge < -0.3 is 4.42 Å². The van der Waals surface area contributed by atoms with Gasteiger partial charge in [-0.15, -0.1) is 22.3 Å². The summed E-state index contributed by atoms with van der Waals surface area (Å²) in [6, 6.07) is 6.52. The molecule has 2 aromatic heterocycles. The quantitative estimate of drug-likeness (QED) is 0.588. The normalized spacial score (nSPS) is 18.7. The van der Waals surface area contributed by atoms with Gasteiger partial charge in [0.1, 0.15) is 9.97 Å². The van der Waals surface area contributed by atoms with Crippen LogP contribution >= 0.6 is 23.1 Å². The maximum Gasteiger partial charge on any atom is 0.294 e. The first-order valence-corrected chi connectivity index (χ1v) is 9.89. The van der Waals surface area contributed by atoms with Crippen LogP contribution in [0.3, 0.4) is 0 Å². The number of sulfonamides is 1. The summed E-state index contributed by atoms with van der Waals surface area (Å²) in [5.74, 6) is 0.170. The van der Waals surface area contributed by atoms with Gasteiger partial charge in [-0.25, -0.2) is 0 Å². The molecule has 1 fully saturated rings. The highest BCUT2D eigenvalue weighted by Crippen LogP contribution is 2.34. The molecule has 0 unspecified atom stereocenters. The first-order valence-electron chi connectivity index (χ1n) is 6.75. The number of rotatable bonds is 5. The Morgan fingerprint density at radius 3 is 2.79 bits per heavy atom. The number of nitrogens with zero attached hydrogens (tertiary/aromatic N) is 2. The molecule has 0 radical (unpaired) electrons. The lowest BCUT2D eigenvalue weighted by molar-refractivity contribution is -0.121. The highest BCUT2D eigenvalue weighted by molar-refractivity contribution is 8.19. The lowest BCUT2D eigenvalue weighted by atomic mass is 10.3. The number of hydrogen-bond donors (Lipinski definition) is 0. The Morgan fingerprint density at radius 1 is 1.33 bits per heavy atom. The summed E-state index contributed by atoms with van der Waals surface area (Å²) in [5, 5.41) is 1.76. The molecule has 1 aliphatic heterocycles. The van der Waals surface area contributed by atoms with E-state index in [0.717, 1.165) is 23.1 Å². The van der Waals surface area contributed by atoms with E-state index in [4.69, 9.17) is 4.42 Å². The molecule has 0 aromatic carbocycles. The molecule has 0 atom stereocenters. The number of amides is 1. The molecule has 0 saturated carbocycles. The van der Waals surface area contributed by atoms with Crippen molar-refractivity contribution in [3.05, 3.63) is 59.2 Å². The Hall–Kier alpha value is -2.10. The van der Waals surface area contributed by atoms with Gasteiger partial charge in [0.15, 0.2) is 5.17 Å². The van der Waals surface area contributed by atoms with Gasteiger partial charge in [0, 0.05) is 12.6 Å². The first kappa shape index (κ1) is 16.7. The Labute approximate surface area is 147 Å². The fourth-order valence-corrected chi connectivity index (χ4v) is 5.07.